The molecule has 4 nitrogen and oxygen atoms in total. The molecule has 0 atom stereocenters. The summed E-state index contributed by atoms with van der Waals surface area (Å²) in [6, 6.07) is 8.29. The Labute approximate surface area is 131 Å². The van der Waals surface area contributed by atoms with Gasteiger partial charge in [-0.3, -0.25) is 4.79 Å². The number of nitrogens with one attached hydrogen (secondary N) is 1. The van der Waals surface area contributed by atoms with E-state index in [1.165, 1.54) is 12.8 Å². The molecule has 1 saturated carbocycles. The van der Waals surface area contributed by atoms with Crippen LogP contribution in [0.2, 0.25) is 0 Å². The zero-order valence-corrected chi connectivity index (χ0v) is 13.5. The van der Waals surface area contributed by atoms with Crippen molar-refractivity contribution in [3.05, 3.63) is 46.6 Å². The monoisotopic (exact) mass is 297 g/mol. The normalized spacial score (nSPS) is 15.2. The maximum atomic E-state index is 12.5. The van der Waals surface area contributed by atoms with Crippen LogP contribution in [0.15, 0.2) is 24.3 Å². The van der Waals surface area contributed by atoms with Crippen LogP contribution in [-0.4, -0.2) is 15.7 Å². The van der Waals surface area contributed by atoms with Gasteiger partial charge in [0.1, 0.15) is 5.82 Å². The number of nitrogens with zero attached hydrogens (tertiary/aromatic N) is 2. The topological polar surface area (TPSA) is 46.9 Å². The molecule has 1 N–H and O–H groups in total. The average molecular weight is 297 g/mol. The predicted molar refractivity (Wildman–Crippen MR) is 88.3 cm³/mol. The second-order valence-corrected chi connectivity index (χ2v) is 6.38. The van der Waals surface area contributed by atoms with Crippen molar-refractivity contribution in [3.8, 4) is 0 Å². The molecule has 1 aromatic heterocycles. The number of carbonyl (C=O) groups excluding carboxylic acids is 1. The molecule has 22 heavy (non-hydrogen) atoms. The van der Waals surface area contributed by atoms with Crippen LogP contribution in [0.1, 0.15) is 58.9 Å². The van der Waals surface area contributed by atoms with Gasteiger partial charge in [0, 0.05) is 11.6 Å². The van der Waals surface area contributed by atoms with E-state index in [4.69, 9.17) is 0 Å². The second kappa shape index (κ2) is 5.95. The van der Waals surface area contributed by atoms with Gasteiger partial charge < -0.3 is 5.32 Å². The Balaban J connectivity index is 1.84. The highest BCUT2D eigenvalue weighted by atomic mass is 16.1. The molecular formula is C18H23N3O. The molecule has 1 amide bonds. The first-order valence-corrected chi connectivity index (χ1v) is 7.99. The minimum absolute atomic E-state index is 0.0639. The summed E-state index contributed by atoms with van der Waals surface area (Å²) >= 11 is 0. The molecule has 0 aliphatic heterocycles. The summed E-state index contributed by atoms with van der Waals surface area (Å²) in [6.45, 7) is 5.99. The molecule has 4 heteroatoms. The van der Waals surface area contributed by atoms with E-state index in [9.17, 15) is 4.79 Å². The van der Waals surface area contributed by atoms with Crippen molar-refractivity contribution in [2.75, 3.05) is 5.32 Å². The highest BCUT2D eigenvalue weighted by Gasteiger charge is 2.21. The number of anilines is 1. The minimum Gasteiger partial charge on any atom is -0.307 e. The molecule has 116 valence electrons. The molecule has 0 radical (unpaired) electrons. The van der Waals surface area contributed by atoms with Crippen LogP contribution in [0.3, 0.4) is 0 Å². The molecule has 1 fully saturated rings. The van der Waals surface area contributed by atoms with E-state index in [-0.39, 0.29) is 5.91 Å². The van der Waals surface area contributed by atoms with E-state index < -0.39 is 0 Å². The first kappa shape index (κ1) is 14.8. The summed E-state index contributed by atoms with van der Waals surface area (Å²) in [4.78, 5) is 12.5. The summed E-state index contributed by atoms with van der Waals surface area (Å²) in [5.41, 5.74) is 3.85. The summed E-state index contributed by atoms with van der Waals surface area (Å²) in [6.07, 6.45) is 4.78. The van der Waals surface area contributed by atoms with Crippen molar-refractivity contribution in [2.24, 2.45) is 0 Å². The van der Waals surface area contributed by atoms with Gasteiger partial charge in [-0.1, -0.05) is 30.0 Å². The zero-order valence-electron chi connectivity index (χ0n) is 13.5. The number of rotatable bonds is 3. The van der Waals surface area contributed by atoms with Gasteiger partial charge in [-0.05, 0) is 45.7 Å². The van der Waals surface area contributed by atoms with E-state index >= 15 is 0 Å². The molecule has 0 saturated heterocycles. The smallest absolute Gasteiger partial charge is 0.256 e. The lowest BCUT2D eigenvalue weighted by molar-refractivity contribution is 0.102. The zero-order chi connectivity index (χ0) is 15.7. The Morgan fingerprint density at radius 3 is 2.36 bits per heavy atom. The van der Waals surface area contributed by atoms with Gasteiger partial charge in [-0.25, -0.2) is 4.68 Å². The first-order valence-electron chi connectivity index (χ1n) is 7.99. The third-order valence-electron chi connectivity index (χ3n) is 4.25. The molecule has 0 spiro atoms. The molecule has 2 aromatic rings. The lowest BCUT2D eigenvalue weighted by Gasteiger charge is -2.15. The maximum absolute atomic E-state index is 12.5. The number of amides is 1. The van der Waals surface area contributed by atoms with Crippen molar-refractivity contribution < 1.29 is 4.79 Å². The van der Waals surface area contributed by atoms with Crippen molar-refractivity contribution >= 4 is 11.7 Å². The lowest BCUT2D eigenvalue weighted by atomic mass is 10.1. The fourth-order valence-corrected chi connectivity index (χ4v) is 3.33. The SMILES string of the molecule is Cc1cc(C)cc(C(=O)Nc2cc(C)nn2C2CCCC2)c1. The summed E-state index contributed by atoms with van der Waals surface area (Å²) < 4.78 is 2.00. The standard InChI is InChI=1S/C18H23N3O/c1-12-8-13(2)10-15(9-12)18(22)19-17-11-14(3)20-21(17)16-6-4-5-7-16/h8-11,16H,4-7H2,1-3H3,(H,19,22). The average Bonchev–Trinajstić information content (AvgIpc) is 3.07. The number of hydrogen-bond donors (Lipinski definition) is 1. The van der Waals surface area contributed by atoms with Gasteiger partial charge in [0.05, 0.1) is 11.7 Å². The molecular weight excluding hydrogens is 274 g/mol. The molecule has 1 heterocycles. The predicted octanol–water partition coefficient (Wildman–Crippen LogP) is 4.18. The van der Waals surface area contributed by atoms with Crippen molar-refractivity contribution in [2.45, 2.75) is 52.5 Å². The quantitative estimate of drug-likeness (QED) is 0.924. The van der Waals surface area contributed by atoms with Gasteiger partial charge in [-0.15, -0.1) is 0 Å². The Morgan fingerprint density at radius 1 is 1.09 bits per heavy atom. The van der Waals surface area contributed by atoms with Crippen LogP contribution in [0.25, 0.3) is 0 Å². The van der Waals surface area contributed by atoms with E-state index in [1.54, 1.807) is 0 Å². The van der Waals surface area contributed by atoms with E-state index in [2.05, 4.69) is 16.5 Å². The summed E-state index contributed by atoms with van der Waals surface area (Å²) in [5, 5.41) is 7.62. The molecule has 1 aromatic carbocycles. The Hall–Kier alpha value is -2.10. The fourth-order valence-electron chi connectivity index (χ4n) is 3.33. The Bertz CT molecular complexity index is 676. The minimum atomic E-state index is -0.0639. The van der Waals surface area contributed by atoms with Gasteiger partial charge in [0.15, 0.2) is 0 Å². The number of aromatic nitrogens is 2. The van der Waals surface area contributed by atoms with Crippen molar-refractivity contribution in [1.29, 1.82) is 0 Å². The van der Waals surface area contributed by atoms with Crippen LogP contribution in [0.5, 0.6) is 0 Å². The highest BCUT2D eigenvalue weighted by molar-refractivity contribution is 6.04. The third-order valence-corrected chi connectivity index (χ3v) is 4.25. The maximum Gasteiger partial charge on any atom is 0.256 e. The fraction of sp³-hybridized carbons (Fsp3) is 0.444. The van der Waals surface area contributed by atoms with E-state index in [0.717, 1.165) is 35.5 Å². The number of carbonyl (C=O) groups is 1. The Kier molecular flexibility index (Phi) is 4.01. The van der Waals surface area contributed by atoms with Gasteiger partial charge in [-0.2, -0.15) is 5.10 Å². The van der Waals surface area contributed by atoms with Gasteiger partial charge in [0.25, 0.3) is 5.91 Å². The summed E-state index contributed by atoms with van der Waals surface area (Å²) in [7, 11) is 0. The number of aryl methyl sites for hydroxylation is 3. The second-order valence-electron chi connectivity index (χ2n) is 6.38. The first-order chi connectivity index (χ1) is 10.5. The third kappa shape index (κ3) is 3.06. The van der Waals surface area contributed by atoms with Crippen LogP contribution < -0.4 is 5.32 Å². The van der Waals surface area contributed by atoms with Crippen LogP contribution >= 0.6 is 0 Å². The van der Waals surface area contributed by atoms with Crippen LogP contribution in [-0.2, 0) is 0 Å². The van der Waals surface area contributed by atoms with E-state index in [0.29, 0.717) is 11.6 Å². The molecule has 1 aliphatic carbocycles. The lowest BCUT2D eigenvalue weighted by Crippen LogP contribution is -2.18. The van der Waals surface area contributed by atoms with Crippen molar-refractivity contribution in [3.63, 3.8) is 0 Å². The van der Waals surface area contributed by atoms with Gasteiger partial charge in [0.2, 0.25) is 0 Å². The van der Waals surface area contributed by atoms with Crippen LogP contribution in [0.4, 0.5) is 5.82 Å². The molecule has 3 rings (SSSR count). The van der Waals surface area contributed by atoms with Gasteiger partial charge >= 0.3 is 0 Å². The largest absolute Gasteiger partial charge is 0.307 e. The Morgan fingerprint density at radius 2 is 1.73 bits per heavy atom. The molecule has 1 aliphatic rings. The summed E-state index contributed by atoms with van der Waals surface area (Å²) in [5.74, 6) is 0.750. The number of benzene rings is 1. The van der Waals surface area contributed by atoms with Crippen LogP contribution in [0, 0.1) is 20.8 Å². The molecule has 0 bridgehead atoms. The van der Waals surface area contributed by atoms with Crippen molar-refractivity contribution in [1.82, 2.24) is 9.78 Å². The number of hydrogen-bond acceptors (Lipinski definition) is 2. The van der Waals surface area contributed by atoms with E-state index in [1.807, 2.05) is 43.7 Å². The highest BCUT2D eigenvalue weighted by Crippen LogP contribution is 2.32. The molecule has 0 unspecified atom stereocenters.